The van der Waals surface area contributed by atoms with Crippen molar-refractivity contribution in [3.63, 3.8) is 0 Å². The molecule has 0 aliphatic heterocycles. The molecule has 0 saturated heterocycles. The quantitative estimate of drug-likeness (QED) is 0.721. The molecule has 3 N–H and O–H groups in total. The van der Waals surface area contributed by atoms with Crippen LogP contribution < -0.4 is 5.73 Å². The van der Waals surface area contributed by atoms with Gasteiger partial charge in [0.25, 0.3) is 0 Å². The third kappa shape index (κ3) is 1.54. The summed E-state index contributed by atoms with van der Waals surface area (Å²) in [4.78, 5) is 11.8. The average molecular weight is 238 g/mol. The van der Waals surface area contributed by atoms with Gasteiger partial charge >= 0.3 is 0 Å². The van der Waals surface area contributed by atoms with Gasteiger partial charge in [-0.15, -0.1) is 0 Å². The van der Waals surface area contributed by atoms with Gasteiger partial charge in [-0.25, -0.2) is 9.97 Å². The van der Waals surface area contributed by atoms with E-state index in [0.29, 0.717) is 5.82 Å². The van der Waals surface area contributed by atoms with E-state index in [0.717, 1.165) is 34.3 Å². The lowest BCUT2D eigenvalue weighted by atomic mass is 10.1. The fourth-order valence-electron chi connectivity index (χ4n) is 2.22. The summed E-state index contributed by atoms with van der Waals surface area (Å²) < 4.78 is 0. The van der Waals surface area contributed by atoms with E-state index >= 15 is 0 Å². The molecular formula is C14H14N4. The van der Waals surface area contributed by atoms with Gasteiger partial charge in [-0.3, -0.25) is 0 Å². The Balaban J connectivity index is 2.36. The third-order valence-corrected chi connectivity index (χ3v) is 3.10. The topological polar surface area (TPSA) is 67.6 Å². The summed E-state index contributed by atoms with van der Waals surface area (Å²) in [6.45, 7) is 2.10. The molecule has 1 aromatic carbocycles. The van der Waals surface area contributed by atoms with Crippen LogP contribution in [0.4, 0.5) is 5.82 Å². The van der Waals surface area contributed by atoms with Crippen molar-refractivity contribution in [2.24, 2.45) is 0 Å². The second-order valence-corrected chi connectivity index (χ2v) is 4.18. The van der Waals surface area contributed by atoms with Gasteiger partial charge in [0.15, 0.2) is 0 Å². The number of nitrogen functional groups attached to an aromatic ring is 1. The zero-order valence-corrected chi connectivity index (χ0v) is 10.1. The van der Waals surface area contributed by atoms with Crippen LogP contribution in [0.5, 0.6) is 0 Å². The van der Waals surface area contributed by atoms with E-state index in [-0.39, 0.29) is 0 Å². The SMILES string of the molecule is CCc1[nH]c(-c2ccccc2)c2c(N)ncnc12. The van der Waals surface area contributed by atoms with Crippen LogP contribution >= 0.6 is 0 Å². The molecule has 0 amide bonds. The van der Waals surface area contributed by atoms with Crippen molar-refractivity contribution < 1.29 is 0 Å². The summed E-state index contributed by atoms with van der Waals surface area (Å²) in [6.07, 6.45) is 2.40. The van der Waals surface area contributed by atoms with Crippen molar-refractivity contribution >= 4 is 16.7 Å². The van der Waals surface area contributed by atoms with Crippen LogP contribution in [0, 0.1) is 0 Å². The Hall–Kier alpha value is -2.36. The van der Waals surface area contributed by atoms with Crippen molar-refractivity contribution in [2.45, 2.75) is 13.3 Å². The molecule has 0 spiro atoms. The Morgan fingerprint density at radius 2 is 1.94 bits per heavy atom. The minimum absolute atomic E-state index is 0.523. The number of benzene rings is 1. The Morgan fingerprint density at radius 3 is 2.67 bits per heavy atom. The number of aryl methyl sites for hydroxylation is 1. The summed E-state index contributed by atoms with van der Waals surface area (Å²) >= 11 is 0. The molecule has 0 radical (unpaired) electrons. The molecule has 2 aromatic heterocycles. The highest BCUT2D eigenvalue weighted by Gasteiger charge is 2.14. The fourth-order valence-corrected chi connectivity index (χ4v) is 2.22. The summed E-state index contributed by atoms with van der Waals surface area (Å²) in [5.74, 6) is 0.523. The van der Waals surface area contributed by atoms with Crippen LogP contribution in [0.1, 0.15) is 12.6 Å². The molecule has 0 fully saturated rings. The number of hydrogen-bond donors (Lipinski definition) is 2. The van der Waals surface area contributed by atoms with Crippen LogP contribution in [-0.2, 0) is 6.42 Å². The van der Waals surface area contributed by atoms with Crippen molar-refractivity contribution in [1.82, 2.24) is 15.0 Å². The number of aromatic amines is 1. The van der Waals surface area contributed by atoms with E-state index in [9.17, 15) is 0 Å². The van der Waals surface area contributed by atoms with Gasteiger partial charge in [0.05, 0.1) is 16.6 Å². The number of nitrogens with one attached hydrogen (secondary N) is 1. The average Bonchev–Trinajstić information content (AvgIpc) is 2.80. The molecule has 0 aliphatic rings. The van der Waals surface area contributed by atoms with Crippen LogP contribution in [0.25, 0.3) is 22.2 Å². The van der Waals surface area contributed by atoms with E-state index in [1.807, 2.05) is 18.2 Å². The van der Waals surface area contributed by atoms with Crippen molar-refractivity contribution in [1.29, 1.82) is 0 Å². The van der Waals surface area contributed by atoms with Crippen LogP contribution in [0.15, 0.2) is 36.7 Å². The maximum Gasteiger partial charge on any atom is 0.136 e. The van der Waals surface area contributed by atoms with E-state index in [4.69, 9.17) is 5.73 Å². The number of nitrogens with zero attached hydrogens (tertiary/aromatic N) is 2. The first kappa shape index (κ1) is 10.8. The van der Waals surface area contributed by atoms with Gasteiger partial charge in [0.1, 0.15) is 12.1 Å². The normalized spacial score (nSPS) is 10.9. The minimum atomic E-state index is 0.523. The third-order valence-electron chi connectivity index (χ3n) is 3.10. The molecule has 18 heavy (non-hydrogen) atoms. The first-order chi connectivity index (χ1) is 8.81. The molecule has 3 rings (SSSR count). The smallest absolute Gasteiger partial charge is 0.136 e. The van der Waals surface area contributed by atoms with Crippen LogP contribution in [0.2, 0.25) is 0 Å². The Morgan fingerprint density at radius 1 is 1.17 bits per heavy atom. The maximum atomic E-state index is 5.99. The second-order valence-electron chi connectivity index (χ2n) is 4.18. The molecule has 4 nitrogen and oxygen atoms in total. The lowest BCUT2D eigenvalue weighted by molar-refractivity contribution is 1.07. The number of hydrogen-bond acceptors (Lipinski definition) is 3. The standard InChI is InChI=1S/C14H14N4/c1-2-10-13-11(14(15)17-8-16-13)12(18-10)9-6-4-3-5-7-9/h3-8,18H,2H2,1H3,(H2,15,16,17). The lowest BCUT2D eigenvalue weighted by Crippen LogP contribution is -1.92. The predicted molar refractivity (Wildman–Crippen MR) is 73.1 cm³/mol. The maximum absolute atomic E-state index is 5.99. The van der Waals surface area contributed by atoms with Gasteiger partial charge in [-0.1, -0.05) is 37.3 Å². The molecule has 0 atom stereocenters. The predicted octanol–water partition coefficient (Wildman–Crippen LogP) is 2.77. The summed E-state index contributed by atoms with van der Waals surface area (Å²) in [6, 6.07) is 10.1. The van der Waals surface area contributed by atoms with E-state index in [2.05, 4.69) is 34.0 Å². The lowest BCUT2D eigenvalue weighted by Gasteiger charge is -2.00. The molecule has 2 heterocycles. The van der Waals surface area contributed by atoms with Crippen molar-refractivity contribution in [3.05, 3.63) is 42.4 Å². The van der Waals surface area contributed by atoms with Gasteiger partial charge in [-0.2, -0.15) is 0 Å². The van der Waals surface area contributed by atoms with E-state index in [1.165, 1.54) is 6.33 Å². The Bertz CT molecular complexity index is 686. The summed E-state index contributed by atoms with van der Waals surface area (Å²) in [5.41, 5.74) is 10.1. The van der Waals surface area contributed by atoms with Crippen LogP contribution in [-0.4, -0.2) is 15.0 Å². The number of H-pyrrole nitrogens is 1. The van der Waals surface area contributed by atoms with Gasteiger partial charge in [0.2, 0.25) is 0 Å². The minimum Gasteiger partial charge on any atom is -0.383 e. The largest absolute Gasteiger partial charge is 0.383 e. The first-order valence-electron chi connectivity index (χ1n) is 5.97. The fraction of sp³-hybridized carbons (Fsp3) is 0.143. The molecule has 3 aromatic rings. The molecule has 4 heteroatoms. The second kappa shape index (κ2) is 4.14. The molecule has 0 aliphatic carbocycles. The number of anilines is 1. The van der Waals surface area contributed by atoms with Crippen LogP contribution in [0.3, 0.4) is 0 Å². The number of aromatic nitrogens is 3. The molecule has 0 unspecified atom stereocenters. The molecule has 0 saturated carbocycles. The molecule has 90 valence electrons. The highest BCUT2D eigenvalue weighted by Crippen LogP contribution is 2.32. The highest BCUT2D eigenvalue weighted by molar-refractivity contribution is 6.01. The van der Waals surface area contributed by atoms with Gasteiger partial charge in [-0.05, 0) is 12.0 Å². The number of nitrogens with two attached hydrogens (primary N) is 1. The Kier molecular flexibility index (Phi) is 2.48. The van der Waals surface area contributed by atoms with Crippen molar-refractivity contribution in [2.75, 3.05) is 5.73 Å². The van der Waals surface area contributed by atoms with Crippen molar-refractivity contribution in [3.8, 4) is 11.3 Å². The number of fused-ring (bicyclic) bond motifs is 1. The summed E-state index contributed by atoms with van der Waals surface area (Å²) in [5, 5.41) is 0.917. The molecule has 0 bridgehead atoms. The molecular weight excluding hydrogens is 224 g/mol. The van der Waals surface area contributed by atoms with E-state index < -0.39 is 0 Å². The van der Waals surface area contributed by atoms with Gasteiger partial charge < -0.3 is 10.7 Å². The number of rotatable bonds is 2. The first-order valence-corrected chi connectivity index (χ1v) is 5.97. The van der Waals surface area contributed by atoms with E-state index in [1.54, 1.807) is 0 Å². The highest BCUT2D eigenvalue weighted by atomic mass is 14.9. The Labute approximate surface area is 105 Å². The zero-order chi connectivity index (χ0) is 12.5. The summed E-state index contributed by atoms with van der Waals surface area (Å²) in [7, 11) is 0. The monoisotopic (exact) mass is 238 g/mol. The van der Waals surface area contributed by atoms with Gasteiger partial charge in [0, 0.05) is 5.69 Å². The zero-order valence-electron chi connectivity index (χ0n) is 10.1.